The van der Waals surface area contributed by atoms with Crippen LogP contribution in [0.1, 0.15) is 11.3 Å². The van der Waals surface area contributed by atoms with Crippen molar-refractivity contribution in [1.82, 2.24) is 19.7 Å². The molecule has 0 aliphatic rings. The molecular weight excluding hydrogens is 425 g/mol. The van der Waals surface area contributed by atoms with Crippen molar-refractivity contribution in [2.24, 2.45) is 5.73 Å². The molecule has 1 aromatic carbocycles. The van der Waals surface area contributed by atoms with Gasteiger partial charge in [-0.3, -0.25) is 9.48 Å². The van der Waals surface area contributed by atoms with Crippen molar-refractivity contribution in [3.05, 3.63) is 54.0 Å². The van der Waals surface area contributed by atoms with E-state index in [-0.39, 0.29) is 16.8 Å². The monoisotopic (exact) mass is 440 g/mol. The second-order valence-electron chi connectivity index (χ2n) is 6.85. The SMILES string of the molecule is COc1ccc(C#N)c(-c2c(-c3cn(CC(N)=O)nc3C(F)(F)F)[nH]c3ncccc23)c1. The van der Waals surface area contributed by atoms with Gasteiger partial charge in [-0.25, -0.2) is 4.98 Å². The van der Waals surface area contributed by atoms with E-state index >= 15 is 0 Å². The Balaban J connectivity index is 2.08. The first-order valence-electron chi connectivity index (χ1n) is 9.21. The molecule has 4 rings (SSSR count). The van der Waals surface area contributed by atoms with Crippen LogP contribution >= 0.6 is 0 Å². The summed E-state index contributed by atoms with van der Waals surface area (Å²) in [5.41, 5.74) is 4.91. The largest absolute Gasteiger partial charge is 0.497 e. The van der Waals surface area contributed by atoms with Gasteiger partial charge in [-0.2, -0.15) is 23.5 Å². The van der Waals surface area contributed by atoms with Crippen LogP contribution in [0.15, 0.2) is 42.7 Å². The Bertz CT molecular complexity index is 1380. The van der Waals surface area contributed by atoms with Crippen molar-refractivity contribution >= 4 is 16.9 Å². The molecule has 162 valence electrons. The molecule has 0 unspecified atom stereocenters. The summed E-state index contributed by atoms with van der Waals surface area (Å²) in [5.74, 6) is -0.422. The highest BCUT2D eigenvalue weighted by atomic mass is 19.4. The Hall–Kier alpha value is -4.33. The van der Waals surface area contributed by atoms with E-state index in [1.54, 1.807) is 24.3 Å². The van der Waals surface area contributed by atoms with Gasteiger partial charge < -0.3 is 15.5 Å². The summed E-state index contributed by atoms with van der Waals surface area (Å²) < 4.78 is 47.6. The fourth-order valence-corrected chi connectivity index (χ4v) is 3.51. The molecule has 3 heterocycles. The van der Waals surface area contributed by atoms with E-state index in [2.05, 4.69) is 21.1 Å². The number of aromatic nitrogens is 4. The van der Waals surface area contributed by atoms with Crippen molar-refractivity contribution in [2.45, 2.75) is 12.7 Å². The normalized spacial score (nSPS) is 11.5. The van der Waals surface area contributed by atoms with Crippen LogP contribution in [0.25, 0.3) is 33.4 Å². The summed E-state index contributed by atoms with van der Waals surface area (Å²) in [6.07, 6.45) is -2.23. The van der Waals surface area contributed by atoms with Crippen molar-refractivity contribution in [2.75, 3.05) is 7.11 Å². The number of nitrogens with one attached hydrogen (secondary N) is 1. The third kappa shape index (κ3) is 3.62. The number of carbonyl (C=O) groups excluding carboxylic acids is 1. The molecule has 0 saturated heterocycles. The van der Waals surface area contributed by atoms with Crippen LogP contribution in [0.4, 0.5) is 13.2 Å². The molecule has 3 aromatic heterocycles. The third-order valence-electron chi connectivity index (χ3n) is 4.80. The van der Waals surface area contributed by atoms with Crippen molar-refractivity contribution in [1.29, 1.82) is 5.26 Å². The number of primary amides is 1. The van der Waals surface area contributed by atoms with Crippen molar-refractivity contribution < 1.29 is 22.7 Å². The molecule has 0 saturated carbocycles. The molecule has 0 atom stereocenters. The fourth-order valence-electron chi connectivity index (χ4n) is 3.51. The maximum Gasteiger partial charge on any atom is 0.435 e. The highest BCUT2D eigenvalue weighted by molar-refractivity contribution is 6.04. The lowest BCUT2D eigenvalue weighted by Gasteiger charge is -2.10. The molecule has 3 N–H and O–H groups in total. The number of methoxy groups -OCH3 is 1. The average molecular weight is 440 g/mol. The van der Waals surface area contributed by atoms with Crippen LogP contribution < -0.4 is 10.5 Å². The van der Waals surface area contributed by atoms with Gasteiger partial charge >= 0.3 is 6.18 Å². The zero-order chi connectivity index (χ0) is 23.0. The van der Waals surface area contributed by atoms with Gasteiger partial charge in [0.25, 0.3) is 0 Å². The van der Waals surface area contributed by atoms with Crippen LogP contribution in [0.5, 0.6) is 5.75 Å². The summed E-state index contributed by atoms with van der Waals surface area (Å²) in [7, 11) is 1.44. The molecular formula is C21H15F3N6O2. The standard InChI is InChI=1S/C21H15F3N6O2/c1-32-12-5-4-11(8-25)14(7-12)17-13-3-2-6-27-20(13)28-18(17)15-9-30(10-16(26)31)29-19(15)21(22,23)24/h2-7,9H,10H2,1H3,(H2,26,31)(H,27,28). The summed E-state index contributed by atoms with van der Waals surface area (Å²) in [5, 5.41) is 13.7. The predicted molar refractivity (Wildman–Crippen MR) is 108 cm³/mol. The van der Waals surface area contributed by atoms with E-state index in [0.29, 0.717) is 27.9 Å². The van der Waals surface area contributed by atoms with Crippen LogP contribution in [0, 0.1) is 11.3 Å². The molecule has 11 heteroatoms. The van der Waals surface area contributed by atoms with Gasteiger partial charge in [-0.05, 0) is 30.3 Å². The number of alkyl halides is 3. The summed E-state index contributed by atoms with van der Waals surface area (Å²) in [6, 6.07) is 10.1. The van der Waals surface area contributed by atoms with Crippen LogP contribution in [0.3, 0.4) is 0 Å². The smallest absolute Gasteiger partial charge is 0.435 e. The fraction of sp³-hybridized carbons (Fsp3) is 0.143. The minimum absolute atomic E-state index is 0.0477. The maximum absolute atomic E-state index is 13.8. The predicted octanol–water partition coefficient (Wildman–Crippen LogP) is 3.48. The number of carbonyl (C=O) groups is 1. The molecule has 32 heavy (non-hydrogen) atoms. The summed E-state index contributed by atoms with van der Waals surface area (Å²) in [6.45, 7) is -0.528. The number of benzene rings is 1. The van der Waals surface area contributed by atoms with E-state index in [9.17, 15) is 23.2 Å². The first kappa shape index (κ1) is 20.9. The first-order chi connectivity index (χ1) is 15.2. The molecule has 0 aliphatic carbocycles. The van der Waals surface area contributed by atoms with Crippen molar-refractivity contribution in [3.8, 4) is 34.2 Å². The number of nitrogens with zero attached hydrogens (tertiary/aromatic N) is 4. The number of hydrogen-bond acceptors (Lipinski definition) is 5. The number of H-pyrrole nitrogens is 1. The van der Waals surface area contributed by atoms with Crippen LogP contribution in [-0.4, -0.2) is 32.8 Å². The molecule has 0 bridgehead atoms. The van der Waals surface area contributed by atoms with Gasteiger partial charge in [-0.15, -0.1) is 0 Å². The van der Waals surface area contributed by atoms with Gasteiger partial charge in [0.05, 0.1) is 24.4 Å². The Kier molecular flexibility index (Phi) is 5.06. The quantitative estimate of drug-likeness (QED) is 0.492. The van der Waals surface area contributed by atoms with E-state index in [1.165, 1.54) is 19.4 Å². The Morgan fingerprint density at radius 2 is 2.09 bits per heavy atom. The van der Waals surface area contributed by atoms with Gasteiger partial charge in [0.2, 0.25) is 5.91 Å². The minimum atomic E-state index is -4.81. The lowest BCUT2D eigenvalue weighted by molar-refractivity contribution is -0.141. The number of nitriles is 1. The number of ether oxygens (including phenoxy) is 1. The number of aromatic amines is 1. The highest BCUT2D eigenvalue weighted by Gasteiger charge is 2.39. The number of amides is 1. The number of rotatable bonds is 5. The second-order valence-corrected chi connectivity index (χ2v) is 6.85. The summed E-state index contributed by atoms with van der Waals surface area (Å²) in [4.78, 5) is 18.4. The van der Waals surface area contributed by atoms with E-state index < -0.39 is 24.3 Å². The number of hydrogen-bond donors (Lipinski definition) is 2. The van der Waals surface area contributed by atoms with Gasteiger partial charge in [-0.1, -0.05) is 0 Å². The van der Waals surface area contributed by atoms with Gasteiger partial charge in [0.15, 0.2) is 5.69 Å². The number of pyridine rings is 1. The Morgan fingerprint density at radius 1 is 1.31 bits per heavy atom. The third-order valence-corrected chi connectivity index (χ3v) is 4.80. The molecule has 0 radical (unpaired) electrons. The molecule has 0 aliphatic heterocycles. The van der Waals surface area contributed by atoms with Crippen LogP contribution in [0.2, 0.25) is 0 Å². The molecule has 1 amide bonds. The second kappa shape index (κ2) is 7.73. The molecule has 8 nitrogen and oxygen atoms in total. The van der Waals surface area contributed by atoms with Crippen LogP contribution in [-0.2, 0) is 17.5 Å². The summed E-state index contributed by atoms with van der Waals surface area (Å²) >= 11 is 0. The number of fused-ring (bicyclic) bond motifs is 1. The Labute approximate surface area is 179 Å². The van der Waals surface area contributed by atoms with E-state index in [4.69, 9.17) is 10.5 Å². The topological polar surface area (TPSA) is 123 Å². The zero-order valence-corrected chi connectivity index (χ0v) is 16.6. The lowest BCUT2D eigenvalue weighted by Crippen LogP contribution is -2.19. The van der Waals surface area contributed by atoms with Gasteiger partial charge in [0.1, 0.15) is 17.9 Å². The maximum atomic E-state index is 13.8. The van der Waals surface area contributed by atoms with E-state index in [0.717, 1.165) is 10.9 Å². The lowest BCUT2D eigenvalue weighted by atomic mass is 9.95. The number of halogens is 3. The average Bonchev–Trinajstić information content (AvgIpc) is 3.34. The molecule has 0 spiro atoms. The first-order valence-corrected chi connectivity index (χ1v) is 9.21. The minimum Gasteiger partial charge on any atom is -0.497 e. The van der Waals surface area contributed by atoms with E-state index in [1.807, 2.05) is 0 Å². The van der Waals surface area contributed by atoms with Crippen molar-refractivity contribution in [3.63, 3.8) is 0 Å². The highest BCUT2D eigenvalue weighted by Crippen LogP contribution is 2.44. The van der Waals surface area contributed by atoms with Gasteiger partial charge in [0, 0.05) is 34.5 Å². The molecule has 0 fully saturated rings. The zero-order valence-electron chi connectivity index (χ0n) is 16.6. The number of nitrogens with two attached hydrogens (primary N) is 1. The Morgan fingerprint density at radius 3 is 2.75 bits per heavy atom. The molecule has 4 aromatic rings.